The first-order chi connectivity index (χ1) is 10.1. The van der Waals surface area contributed by atoms with Gasteiger partial charge in [-0.05, 0) is 6.92 Å². The van der Waals surface area contributed by atoms with Crippen LogP contribution in [-0.2, 0) is 13.6 Å². The molecule has 3 aromatic rings. The number of fused-ring (bicyclic) bond motifs is 1. The molecule has 21 heavy (non-hydrogen) atoms. The van der Waals surface area contributed by atoms with Crippen molar-refractivity contribution in [1.82, 2.24) is 19.7 Å². The molecule has 0 amide bonds. The molecule has 3 aromatic heterocycles. The molecule has 0 aliphatic rings. The summed E-state index contributed by atoms with van der Waals surface area (Å²) in [6.07, 6.45) is 4.76. The summed E-state index contributed by atoms with van der Waals surface area (Å²) in [7, 11) is 1.77. The van der Waals surface area contributed by atoms with Crippen LogP contribution in [0.4, 0.5) is 5.69 Å². The van der Waals surface area contributed by atoms with Crippen LogP contribution in [0, 0.1) is 6.92 Å². The van der Waals surface area contributed by atoms with Crippen LogP contribution < -0.4 is 5.32 Å². The Labute approximate surface area is 124 Å². The summed E-state index contributed by atoms with van der Waals surface area (Å²) in [5.41, 5.74) is 1.31. The molecule has 0 fully saturated rings. The topological polar surface area (TPSA) is 92.9 Å². The fourth-order valence-electron chi connectivity index (χ4n) is 2.11. The molecular weight excluding hydrogens is 290 g/mol. The highest BCUT2D eigenvalue weighted by Gasteiger charge is 2.16. The lowest BCUT2D eigenvalue weighted by molar-refractivity contribution is 0.0697. The van der Waals surface area contributed by atoms with Gasteiger partial charge in [-0.2, -0.15) is 5.10 Å². The second-order valence-corrected chi connectivity index (χ2v) is 5.88. The van der Waals surface area contributed by atoms with E-state index in [0.29, 0.717) is 23.3 Å². The molecule has 2 N–H and O–H groups in total. The van der Waals surface area contributed by atoms with E-state index in [9.17, 15) is 9.90 Å². The SMILES string of the molecule is Cc1ncc(CNc2c(C(=O)O)cnc3c2cnn3C)s1. The van der Waals surface area contributed by atoms with E-state index in [-0.39, 0.29) is 5.56 Å². The first-order valence-corrected chi connectivity index (χ1v) is 7.07. The molecule has 3 heterocycles. The maximum atomic E-state index is 11.4. The van der Waals surface area contributed by atoms with Gasteiger partial charge >= 0.3 is 5.97 Å². The van der Waals surface area contributed by atoms with Crippen LogP contribution in [0.3, 0.4) is 0 Å². The van der Waals surface area contributed by atoms with E-state index in [4.69, 9.17) is 0 Å². The Morgan fingerprint density at radius 1 is 1.38 bits per heavy atom. The van der Waals surface area contributed by atoms with Crippen molar-refractivity contribution in [2.45, 2.75) is 13.5 Å². The van der Waals surface area contributed by atoms with Crippen molar-refractivity contribution in [3.63, 3.8) is 0 Å². The highest BCUT2D eigenvalue weighted by molar-refractivity contribution is 7.11. The van der Waals surface area contributed by atoms with Crippen LogP contribution >= 0.6 is 11.3 Å². The van der Waals surface area contributed by atoms with Gasteiger partial charge < -0.3 is 10.4 Å². The number of carboxylic acid groups (broad SMARTS) is 1. The Morgan fingerprint density at radius 3 is 2.86 bits per heavy atom. The number of carbonyl (C=O) groups is 1. The number of aromatic carboxylic acids is 1. The minimum atomic E-state index is -1.02. The van der Waals surface area contributed by atoms with E-state index in [2.05, 4.69) is 20.4 Å². The lowest BCUT2D eigenvalue weighted by atomic mass is 10.2. The van der Waals surface area contributed by atoms with E-state index in [0.717, 1.165) is 9.88 Å². The van der Waals surface area contributed by atoms with Crippen molar-refractivity contribution in [3.05, 3.63) is 34.0 Å². The van der Waals surface area contributed by atoms with Gasteiger partial charge in [-0.1, -0.05) is 0 Å². The zero-order valence-corrected chi connectivity index (χ0v) is 12.3. The van der Waals surface area contributed by atoms with Gasteiger partial charge in [0.05, 0.1) is 28.8 Å². The summed E-state index contributed by atoms with van der Waals surface area (Å²) < 4.78 is 1.61. The van der Waals surface area contributed by atoms with Crippen LogP contribution in [-0.4, -0.2) is 30.8 Å². The molecule has 0 atom stereocenters. The Balaban J connectivity index is 2.01. The number of nitrogens with zero attached hydrogens (tertiary/aromatic N) is 4. The molecule has 0 aromatic carbocycles. The van der Waals surface area contributed by atoms with E-state index < -0.39 is 5.97 Å². The third-order valence-electron chi connectivity index (χ3n) is 3.10. The normalized spacial score (nSPS) is 11.0. The summed E-state index contributed by atoms with van der Waals surface area (Å²) in [6.45, 7) is 2.45. The second kappa shape index (κ2) is 5.13. The summed E-state index contributed by atoms with van der Waals surface area (Å²) in [5, 5.41) is 18.3. The second-order valence-electron chi connectivity index (χ2n) is 4.56. The van der Waals surface area contributed by atoms with Gasteiger partial charge in [0.15, 0.2) is 5.65 Å². The fraction of sp³-hybridized carbons (Fsp3) is 0.231. The van der Waals surface area contributed by atoms with Crippen LogP contribution in [0.1, 0.15) is 20.2 Å². The number of thiazole rings is 1. The van der Waals surface area contributed by atoms with Gasteiger partial charge in [-0.3, -0.25) is 4.68 Å². The summed E-state index contributed by atoms with van der Waals surface area (Å²) in [5.74, 6) is -1.02. The monoisotopic (exact) mass is 303 g/mol. The maximum Gasteiger partial charge on any atom is 0.339 e. The number of rotatable bonds is 4. The zero-order chi connectivity index (χ0) is 15.0. The van der Waals surface area contributed by atoms with Crippen molar-refractivity contribution in [1.29, 1.82) is 0 Å². The zero-order valence-electron chi connectivity index (χ0n) is 11.5. The van der Waals surface area contributed by atoms with Crippen molar-refractivity contribution in [2.75, 3.05) is 5.32 Å². The molecule has 3 rings (SSSR count). The molecule has 0 radical (unpaired) electrons. The Bertz CT molecular complexity index is 823. The molecule has 0 unspecified atom stereocenters. The molecule has 7 nitrogen and oxygen atoms in total. The minimum absolute atomic E-state index is 0.136. The first kappa shape index (κ1) is 13.5. The standard InChI is InChI=1S/C13H13N5O2S/c1-7-14-3-8(21-7)4-15-11-9-6-17-18(2)12(9)16-5-10(11)13(19)20/h3,5-6H,4H2,1-2H3,(H,15,16)(H,19,20). The van der Waals surface area contributed by atoms with Gasteiger partial charge in [0.25, 0.3) is 0 Å². The van der Waals surface area contributed by atoms with E-state index in [1.54, 1.807) is 35.5 Å². The molecule has 8 heteroatoms. The molecule has 0 saturated carbocycles. The number of hydrogen-bond donors (Lipinski definition) is 2. The van der Waals surface area contributed by atoms with Gasteiger partial charge in [0.1, 0.15) is 5.56 Å². The highest BCUT2D eigenvalue weighted by Crippen LogP contribution is 2.26. The summed E-state index contributed by atoms with van der Waals surface area (Å²) in [4.78, 5) is 20.7. The smallest absolute Gasteiger partial charge is 0.339 e. The number of pyridine rings is 1. The third kappa shape index (κ3) is 2.45. The molecule has 0 spiro atoms. The predicted octanol–water partition coefficient (Wildman–Crippen LogP) is 2.04. The lowest BCUT2D eigenvalue weighted by Gasteiger charge is -2.09. The number of anilines is 1. The van der Waals surface area contributed by atoms with Crippen LogP contribution in [0.25, 0.3) is 11.0 Å². The number of nitrogens with one attached hydrogen (secondary N) is 1. The van der Waals surface area contributed by atoms with Gasteiger partial charge in [0.2, 0.25) is 0 Å². The van der Waals surface area contributed by atoms with Gasteiger partial charge in [-0.15, -0.1) is 11.3 Å². The number of carboxylic acids is 1. The van der Waals surface area contributed by atoms with Crippen LogP contribution in [0.5, 0.6) is 0 Å². The van der Waals surface area contributed by atoms with Gasteiger partial charge in [0, 0.05) is 24.3 Å². The largest absolute Gasteiger partial charge is 0.478 e. The fourth-order valence-corrected chi connectivity index (χ4v) is 2.85. The molecule has 0 saturated heterocycles. The lowest BCUT2D eigenvalue weighted by Crippen LogP contribution is -2.07. The van der Waals surface area contributed by atoms with E-state index in [1.165, 1.54) is 6.20 Å². The Hall–Kier alpha value is -2.48. The summed E-state index contributed by atoms with van der Waals surface area (Å²) >= 11 is 1.57. The first-order valence-electron chi connectivity index (χ1n) is 6.25. The van der Waals surface area contributed by atoms with Crippen molar-refractivity contribution in [2.24, 2.45) is 7.05 Å². The quantitative estimate of drug-likeness (QED) is 0.766. The number of hydrogen-bond acceptors (Lipinski definition) is 6. The number of aromatic nitrogens is 4. The van der Waals surface area contributed by atoms with Crippen molar-refractivity contribution >= 4 is 34.0 Å². The Kier molecular flexibility index (Phi) is 3.30. The molecular formula is C13H13N5O2S. The molecule has 0 aliphatic carbocycles. The van der Waals surface area contributed by atoms with Gasteiger partial charge in [-0.25, -0.2) is 14.8 Å². The third-order valence-corrected chi connectivity index (χ3v) is 4.01. The average molecular weight is 303 g/mol. The average Bonchev–Trinajstić information content (AvgIpc) is 3.03. The minimum Gasteiger partial charge on any atom is -0.478 e. The maximum absolute atomic E-state index is 11.4. The van der Waals surface area contributed by atoms with Crippen molar-refractivity contribution in [3.8, 4) is 0 Å². The molecule has 0 aliphatic heterocycles. The molecule has 0 bridgehead atoms. The summed E-state index contributed by atoms with van der Waals surface area (Å²) in [6, 6.07) is 0. The van der Waals surface area contributed by atoms with Crippen LogP contribution in [0.2, 0.25) is 0 Å². The predicted molar refractivity (Wildman–Crippen MR) is 79.6 cm³/mol. The Morgan fingerprint density at radius 2 is 2.19 bits per heavy atom. The van der Waals surface area contributed by atoms with E-state index >= 15 is 0 Å². The number of aryl methyl sites for hydroxylation is 2. The molecule has 108 valence electrons. The van der Waals surface area contributed by atoms with E-state index in [1.807, 2.05) is 6.92 Å². The highest BCUT2D eigenvalue weighted by atomic mass is 32.1. The van der Waals surface area contributed by atoms with Crippen molar-refractivity contribution < 1.29 is 9.90 Å². The van der Waals surface area contributed by atoms with Crippen LogP contribution in [0.15, 0.2) is 18.6 Å².